The van der Waals surface area contributed by atoms with Crippen molar-refractivity contribution in [3.05, 3.63) is 30.0 Å². The Bertz CT molecular complexity index is 448. The molecular formula is C12H17N2O+. The van der Waals surface area contributed by atoms with E-state index in [-0.39, 0.29) is 0 Å². The van der Waals surface area contributed by atoms with Crippen molar-refractivity contribution in [3.63, 3.8) is 0 Å². The maximum atomic E-state index is 5.23. The van der Waals surface area contributed by atoms with Gasteiger partial charge in [-0.25, -0.2) is 0 Å². The van der Waals surface area contributed by atoms with Crippen molar-refractivity contribution in [2.45, 2.75) is 6.42 Å². The van der Waals surface area contributed by atoms with Gasteiger partial charge in [-0.15, -0.1) is 0 Å². The van der Waals surface area contributed by atoms with E-state index < -0.39 is 0 Å². The van der Waals surface area contributed by atoms with Crippen LogP contribution >= 0.6 is 0 Å². The van der Waals surface area contributed by atoms with Crippen molar-refractivity contribution in [1.82, 2.24) is 4.98 Å². The van der Waals surface area contributed by atoms with Crippen LogP contribution in [0.3, 0.4) is 0 Å². The van der Waals surface area contributed by atoms with E-state index in [1.807, 2.05) is 6.07 Å². The Morgan fingerprint density at radius 2 is 2.27 bits per heavy atom. The number of methoxy groups -OCH3 is 1. The van der Waals surface area contributed by atoms with Gasteiger partial charge in [0.2, 0.25) is 0 Å². The fraction of sp³-hybridized carbons (Fsp3) is 0.333. The number of aromatic amines is 1. The predicted molar refractivity (Wildman–Crippen MR) is 61.3 cm³/mol. The van der Waals surface area contributed by atoms with E-state index in [1.165, 1.54) is 16.5 Å². The molecule has 0 saturated carbocycles. The van der Waals surface area contributed by atoms with E-state index in [0.29, 0.717) is 0 Å². The van der Waals surface area contributed by atoms with Crippen LogP contribution in [0.5, 0.6) is 5.75 Å². The summed E-state index contributed by atoms with van der Waals surface area (Å²) >= 11 is 0. The van der Waals surface area contributed by atoms with Gasteiger partial charge in [0.15, 0.2) is 0 Å². The first kappa shape index (κ1) is 10.1. The third-order valence-electron chi connectivity index (χ3n) is 2.68. The third-order valence-corrected chi connectivity index (χ3v) is 2.68. The highest BCUT2D eigenvalue weighted by molar-refractivity contribution is 5.84. The molecule has 0 amide bonds. The van der Waals surface area contributed by atoms with Crippen LogP contribution < -0.4 is 10.1 Å². The average Bonchev–Trinajstić information content (AvgIpc) is 2.68. The quantitative estimate of drug-likeness (QED) is 0.765. The molecule has 0 saturated heterocycles. The molecule has 1 heterocycles. The molecular weight excluding hydrogens is 188 g/mol. The molecule has 0 aliphatic rings. The van der Waals surface area contributed by atoms with Gasteiger partial charge in [0, 0.05) is 23.5 Å². The van der Waals surface area contributed by atoms with E-state index in [2.05, 4.69) is 35.7 Å². The number of benzene rings is 1. The van der Waals surface area contributed by atoms with Crippen LogP contribution in [-0.4, -0.2) is 25.7 Å². The summed E-state index contributed by atoms with van der Waals surface area (Å²) in [6.45, 7) is 1.12. The minimum absolute atomic E-state index is 0.920. The van der Waals surface area contributed by atoms with Crippen LogP contribution in [-0.2, 0) is 6.42 Å². The van der Waals surface area contributed by atoms with Gasteiger partial charge in [0.05, 0.1) is 20.7 Å². The Labute approximate surface area is 89.4 Å². The molecule has 0 fully saturated rings. The highest BCUT2D eigenvalue weighted by Gasteiger charge is 2.04. The summed E-state index contributed by atoms with van der Waals surface area (Å²) in [6.07, 6.45) is 3.18. The van der Waals surface area contributed by atoms with Crippen LogP contribution in [0.2, 0.25) is 0 Å². The standard InChI is InChI=1S/C12H16N2O/c1-13-6-5-9-8-14-12-4-3-10(15-2)7-11(9)12/h3-4,7-8,13-14H,5-6H2,1-2H3/p+1. The lowest BCUT2D eigenvalue weighted by Crippen LogP contribution is -2.80. The predicted octanol–water partition coefficient (Wildman–Crippen LogP) is 0.912. The van der Waals surface area contributed by atoms with Crippen molar-refractivity contribution in [2.24, 2.45) is 0 Å². The zero-order valence-corrected chi connectivity index (χ0v) is 9.21. The summed E-state index contributed by atoms with van der Waals surface area (Å²) in [7, 11) is 3.79. The molecule has 3 N–H and O–H groups in total. The molecule has 0 aliphatic carbocycles. The summed E-state index contributed by atoms with van der Waals surface area (Å²) in [5, 5.41) is 3.47. The summed E-state index contributed by atoms with van der Waals surface area (Å²) in [6, 6.07) is 6.14. The number of aromatic nitrogens is 1. The van der Waals surface area contributed by atoms with Crippen LogP contribution in [0.1, 0.15) is 5.56 Å². The average molecular weight is 205 g/mol. The first-order valence-electron chi connectivity index (χ1n) is 5.27. The molecule has 15 heavy (non-hydrogen) atoms. The molecule has 0 radical (unpaired) electrons. The monoisotopic (exact) mass is 205 g/mol. The van der Waals surface area contributed by atoms with Crippen molar-refractivity contribution in [3.8, 4) is 5.75 Å². The second kappa shape index (κ2) is 4.36. The number of H-pyrrole nitrogens is 1. The molecule has 3 heteroatoms. The smallest absolute Gasteiger partial charge is 0.119 e. The van der Waals surface area contributed by atoms with Gasteiger partial charge in [-0.3, -0.25) is 0 Å². The van der Waals surface area contributed by atoms with E-state index in [1.54, 1.807) is 7.11 Å². The minimum Gasteiger partial charge on any atom is -0.497 e. The number of hydrogen-bond acceptors (Lipinski definition) is 1. The minimum atomic E-state index is 0.920. The molecule has 0 atom stereocenters. The molecule has 0 unspecified atom stereocenters. The fourth-order valence-corrected chi connectivity index (χ4v) is 1.79. The maximum Gasteiger partial charge on any atom is 0.119 e. The summed E-state index contributed by atoms with van der Waals surface area (Å²) in [5.41, 5.74) is 2.55. The lowest BCUT2D eigenvalue weighted by Gasteiger charge is -2.00. The Morgan fingerprint density at radius 1 is 1.40 bits per heavy atom. The van der Waals surface area contributed by atoms with Gasteiger partial charge in [-0.1, -0.05) is 0 Å². The highest BCUT2D eigenvalue weighted by Crippen LogP contribution is 2.23. The van der Waals surface area contributed by atoms with Crippen molar-refractivity contribution in [1.29, 1.82) is 0 Å². The lowest BCUT2D eigenvalue weighted by molar-refractivity contribution is -0.626. The normalized spacial score (nSPS) is 10.8. The van der Waals surface area contributed by atoms with Gasteiger partial charge in [-0.05, 0) is 23.8 Å². The first-order chi connectivity index (χ1) is 7.35. The molecule has 1 aromatic heterocycles. The molecule has 0 aliphatic heterocycles. The van der Waals surface area contributed by atoms with Gasteiger partial charge >= 0.3 is 0 Å². The number of rotatable bonds is 4. The topological polar surface area (TPSA) is 41.6 Å². The molecule has 80 valence electrons. The van der Waals surface area contributed by atoms with Gasteiger partial charge in [0.1, 0.15) is 5.75 Å². The van der Waals surface area contributed by atoms with Crippen molar-refractivity contribution < 1.29 is 10.1 Å². The number of fused-ring (bicyclic) bond motifs is 1. The first-order valence-corrected chi connectivity index (χ1v) is 5.27. The highest BCUT2D eigenvalue weighted by atomic mass is 16.5. The number of nitrogens with one attached hydrogen (secondary N) is 1. The number of quaternary nitrogens is 1. The molecule has 1 aromatic carbocycles. The largest absolute Gasteiger partial charge is 0.497 e. The number of nitrogens with two attached hydrogens (primary N) is 1. The zero-order valence-electron chi connectivity index (χ0n) is 9.21. The Morgan fingerprint density at radius 3 is 3.00 bits per heavy atom. The number of ether oxygens (including phenoxy) is 1. The second-order valence-corrected chi connectivity index (χ2v) is 3.67. The molecule has 0 spiro atoms. The van der Waals surface area contributed by atoms with E-state index in [9.17, 15) is 0 Å². The second-order valence-electron chi connectivity index (χ2n) is 3.67. The van der Waals surface area contributed by atoms with E-state index in [4.69, 9.17) is 4.74 Å². The Balaban J connectivity index is 2.38. The summed E-state index contributed by atoms with van der Waals surface area (Å²) in [5.74, 6) is 0.920. The number of hydrogen-bond donors (Lipinski definition) is 2. The van der Waals surface area contributed by atoms with Gasteiger partial charge in [0.25, 0.3) is 0 Å². The van der Waals surface area contributed by atoms with Crippen molar-refractivity contribution in [2.75, 3.05) is 20.7 Å². The summed E-state index contributed by atoms with van der Waals surface area (Å²) in [4.78, 5) is 3.28. The van der Waals surface area contributed by atoms with Crippen LogP contribution in [0, 0.1) is 0 Å². The Hall–Kier alpha value is -1.48. The fourth-order valence-electron chi connectivity index (χ4n) is 1.79. The molecule has 3 nitrogen and oxygen atoms in total. The molecule has 2 aromatic rings. The van der Waals surface area contributed by atoms with Crippen LogP contribution in [0.15, 0.2) is 24.4 Å². The maximum absolute atomic E-state index is 5.23. The van der Waals surface area contributed by atoms with Gasteiger partial charge < -0.3 is 15.0 Å². The van der Waals surface area contributed by atoms with Crippen LogP contribution in [0.4, 0.5) is 0 Å². The Kier molecular flexibility index (Phi) is 2.92. The molecule has 2 rings (SSSR count). The zero-order chi connectivity index (χ0) is 10.7. The number of likely N-dealkylation sites (N-methyl/N-ethyl adjacent to an activating group) is 1. The summed E-state index contributed by atoms with van der Waals surface area (Å²) < 4.78 is 5.23. The van der Waals surface area contributed by atoms with Crippen molar-refractivity contribution >= 4 is 10.9 Å². The van der Waals surface area contributed by atoms with E-state index in [0.717, 1.165) is 18.7 Å². The van der Waals surface area contributed by atoms with Crippen LogP contribution in [0.25, 0.3) is 10.9 Å². The van der Waals surface area contributed by atoms with E-state index >= 15 is 0 Å². The lowest BCUT2D eigenvalue weighted by atomic mass is 10.1. The SMILES string of the molecule is C[NH2+]CCc1c[nH]c2ccc(OC)cc12. The third kappa shape index (κ3) is 1.97. The van der Waals surface area contributed by atoms with Gasteiger partial charge in [-0.2, -0.15) is 0 Å². The molecule has 0 bridgehead atoms.